The number of halogens is 1. The molecule has 3 aromatic carbocycles. The number of carbonyl (C=O) groups is 2. The van der Waals surface area contributed by atoms with Gasteiger partial charge in [0.05, 0.1) is 25.5 Å². The maximum Gasteiger partial charge on any atom is 0.260 e. The Balaban J connectivity index is 0.966. The lowest BCUT2D eigenvalue weighted by Crippen LogP contribution is -2.41. The van der Waals surface area contributed by atoms with Crippen LogP contribution in [0.3, 0.4) is 0 Å². The van der Waals surface area contributed by atoms with E-state index in [0.29, 0.717) is 51.0 Å². The van der Waals surface area contributed by atoms with Crippen LogP contribution in [-0.4, -0.2) is 73.6 Å². The molecule has 2 saturated heterocycles. The van der Waals surface area contributed by atoms with Crippen molar-refractivity contribution in [1.29, 1.82) is 0 Å². The Morgan fingerprint density at radius 3 is 2.06 bits per heavy atom. The summed E-state index contributed by atoms with van der Waals surface area (Å²) in [5, 5.41) is 3.65. The Kier molecular flexibility index (Phi) is 12.1. The lowest BCUT2D eigenvalue weighted by molar-refractivity contribution is -0.134. The number of benzene rings is 3. The van der Waals surface area contributed by atoms with Gasteiger partial charge in [-0.3, -0.25) is 9.59 Å². The molecule has 8 nitrogen and oxygen atoms in total. The average molecular weight is 662 g/mol. The third-order valence-corrected chi connectivity index (χ3v) is 9.70. The van der Waals surface area contributed by atoms with Gasteiger partial charge in [-0.25, -0.2) is 4.39 Å². The molecule has 2 aliphatic rings. The highest BCUT2D eigenvalue weighted by atomic mass is 32.1. The van der Waals surface area contributed by atoms with E-state index in [9.17, 15) is 14.0 Å². The van der Waals surface area contributed by atoms with Crippen LogP contribution in [0, 0.1) is 17.7 Å². The Hall–Kier alpha value is -4.18. The summed E-state index contributed by atoms with van der Waals surface area (Å²) in [5.74, 6) is 2.46. The first-order valence-electron chi connectivity index (χ1n) is 16.4. The van der Waals surface area contributed by atoms with Gasteiger partial charge in [-0.05, 0) is 98.3 Å². The highest BCUT2D eigenvalue weighted by Crippen LogP contribution is 2.29. The first-order chi connectivity index (χ1) is 22.8. The van der Waals surface area contributed by atoms with E-state index in [1.54, 1.807) is 67.8 Å². The lowest BCUT2D eigenvalue weighted by atomic mass is 9.87. The second-order valence-electron chi connectivity index (χ2n) is 12.3. The smallest absolute Gasteiger partial charge is 0.260 e. The van der Waals surface area contributed by atoms with Gasteiger partial charge < -0.3 is 29.3 Å². The monoisotopic (exact) mass is 661 g/mol. The van der Waals surface area contributed by atoms with Crippen LogP contribution >= 0.6 is 12.2 Å². The fourth-order valence-electron chi connectivity index (χ4n) is 6.43. The number of para-hydroxylation sites is 1. The van der Waals surface area contributed by atoms with Gasteiger partial charge in [0, 0.05) is 37.8 Å². The number of piperidine rings is 2. The molecule has 0 bridgehead atoms. The zero-order valence-corrected chi connectivity index (χ0v) is 28.0. The van der Waals surface area contributed by atoms with Gasteiger partial charge >= 0.3 is 0 Å². The minimum absolute atomic E-state index is 0.0132. The Morgan fingerprint density at radius 1 is 0.830 bits per heavy atom. The number of rotatable bonds is 12. The molecule has 2 aliphatic heterocycles. The van der Waals surface area contributed by atoms with Crippen molar-refractivity contribution in [2.24, 2.45) is 11.8 Å². The average Bonchev–Trinajstić information content (AvgIpc) is 3.11. The number of amides is 1. The highest BCUT2D eigenvalue weighted by Gasteiger charge is 2.25. The van der Waals surface area contributed by atoms with Crippen LogP contribution in [0.15, 0.2) is 66.7 Å². The number of ether oxygens (including phenoxy) is 3. The highest BCUT2D eigenvalue weighted by molar-refractivity contribution is 7.80. The zero-order chi connectivity index (χ0) is 33.2. The molecule has 0 aromatic heterocycles. The van der Waals surface area contributed by atoms with Crippen LogP contribution in [0.25, 0.3) is 0 Å². The molecular formula is C37H44FN3O5S. The van der Waals surface area contributed by atoms with Crippen LogP contribution in [0.1, 0.15) is 60.9 Å². The van der Waals surface area contributed by atoms with Crippen molar-refractivity contribution >= 4 is 34.7 Å². The molecule has 5 rings (SSSR count). The summed E-state index contributed by atoms with van der Waals surface area (Å²) in [4.78, 5) is 29.9. The summed E-state index contributed by atoms with van der Waals surface area (Å²) in [6, 6.07) is 18.5. The van der Waals surface area contributed by atoms with Crippen LogP contribution in [-0.2, 0) is 4.79 Å². The second-order valence-corrected chi connectivity index (χ2v) is 12.7. The Labute approximate surface area is 282 Å². The fraction of sp³-hybridized carbons (Fsp3) is 0.432. The van der Waals surface area contributed by atoms with E-state index >= 15 is 0 Å². The van der Waals surface area contributed by atoms with Crippen LogP contribution in [0.4, 0.5) is 10.1 Å². The largest absolute Gasteiger partial charge is 0.497 e. The summed E-state index contributed by atoms with van der Waals surface area (Å²) in [5.41, 5.74) is 1.36. The van der Waals surface area contributed by atoms with Crippen molar-refractivity contribution in [3.63, 3.8) is 0 Å². The molecule has 0 aliphatic carbocycles. The van der Waals surface area contributed by atoms with Gasteiger partial charge in [0.25, 0.3) is 5.91 Å². The molecule has 10 heteroatoms. The third-order valence-electron chi connectivity index (χ3n) is 9.34. The lowest BCUT2D eigenvalue weighted by Gasteiger charge is -2.34. The number of methoxy groups -OCH3 is 2. The number of thiocarbonyl (C=S) groups is 1. The van der Waals surface area contributed by atoms with E-state index in [4.69, 9.17) is 26.4 Å². The van der Waals surface area contributed by atoms with Crippen molar-refractivity contribution in [2.45, 2.75) is 44.9 Å². The first kappa shape index (κ1) is 34.2. The number of ketones is 1. The van der Waals surface area contributed by atoms with E-state index in [1.807, 2.05) is 4.90 Å². The van der Waals surface area contributed by atoms with E-state index in [2.05, 4.69) is 10.2 Å². The number of hydrogen-bond acceptors (Lipinski definition) is 6. The van der Waals surface area contributed by atoms with E-state index in [-0.39, 0.29) is 24.1 Å². The minimum Gasteiger partial charge on any atom is -0.497 e. The molecule has 0 radical (unpaired) electrons. The standard InChI is InChI=1S/C37H44FN3O5S/c1-44-30-14-15-31(34(24-30)45-2)36(43)28-10-12-29(13-11-28)46-25-35(42)40-20-16-26(17-21-40)6-5-7-27-18-22-41(23-19-27)37(47)39-33-9-4-3-8-32(33)38/h3-4,8-15,24,26-27H,5-7,16-23,25H2,1-2H3,(H,39,47). The molecule has 1 N–H and O–H groups in total. The molecule has 0 atom stereocenters. The van der Waals surface area contributed by atoms with Gasteiger partial charge in [0.15, 0.2) is 17.5 Å². The van der Waals surface area contributed by atoms with Crippen molar-refractivity contribution < 1.29 is 28.2 Å². The predicted molar refractivity (Wildman–Crippen MR) is 185 cm³/mol. The molecule has 2 fully saturated rings. The van der Waals surface area contributed by atoms with Crippen molar-refractivity contribution in [2.75, 3.05) is 52.3 Å². The quantitative estimate of drug-likeness (QED) is 0.165. The molecule has 3 aromatic rings. The van der Waals surface area contributed by atoms with Crippen molar-refractivity contribution in [1.82, 2.24) is 9.80 Å². The summed E-state index contributed by atoms with van der Waals surface area (Å²) in [6.45, 7) is 3.29. The van der Waals surface area contributed by atoms with Crippen LogP contribution in [0.2, 0.25) is 0 Å². The predicted octanol–water partition coefficient (Wildman–Crippen LogP) is 6.97. The Bertz CT molecular complexity index is 1520. The molecular weight excluding hydrogens is 617 g/mol. The van der Waals surface area contributed by atoms with E-state index in [1.165, 1.54) is 32.4 Å². The van der Waals surface area contributed by atoms with Crippen molar-refractivity contribution in [3.05, 3.63) is 83.7 Å². The number of likely N-dealkylation sites (tertiary alicyclic amines) is 2. The topological polar surface area (TPSA) is 80.3 Å². The number of hydrogen-bond donors (Lipinski definition) is 1. The maximum atomic E-state index is 14.0. The summed E-state index contributed by atoms with van der Waals surface area (Å²) in [7, 11) is 3.08. The number of anilines is 1. The van der Waals surface area contributed by atoms with E-state index < -0.39 is 0 Å². The SMILES string of the molecule is COc1ccc(C(=O)c2ccc(OCC(=O)N3CCC(CCCC4CCN(C(=S)Nc5ccccc5F)CC4)CC3)cc2)c(OC)c1. The minimum atomic E-state index is -0.293. The van der Waals surface area contributed by atoms with Gasteiger partial charge in [0.1, 0.15) is 23.1 Å². The maximum absolute atomic E-state index is 14.0. The van der Waals surface area contributed by atoms with Gasteiger partial charge in [-0.15, -0.1) is 0 Å². The summed E-state index contributed by atoms with van der Waals surface area (Å²) in [6.07, 6.45) is 7.85. The number of nitrogens with one attached hydrogen (secondary N) is 1. The summed E-state index contributed by atoms with van der Waals surface area (Å²) >= 11 is 5.53. The summed E-state index contributed by atoms with van der Waals surface area (Å²) < 4.78 is 30.3. The number of carbonyl (C=O) groups excluding carboxylic acids is 2. The molecule has 2 heterocycles. The van der Waals surface area contributed by atoms with Gasteiger partial charge in [0.2, 0.25) is 0 Å². The first-order valence-corrected chi connectivity index (χ1v) is 16.8. The van der Waals surface area contributed by atoms with Gasteiger partial charge in [-0.1, -0.05) is 31.4 Å². The fourth-order valence-corrected chi connectivity index (χ4v) is 6.72. The zero-order valence-electron chi connectivity index (χ0n) is 27.2. The Morgan fingerprint density at radius 2 is 1.45 bits per heavy atom. The molecule has 0 unspecified atom stereocenters. The van der Waals surface area contributed by atoms with Gasteiger partial charge in [-0.2, -0.15) is 0 Å². The third kappa shape index (κ3) is 9.22. The second kappa shape index (κ2) is 16.6. The van der Waals surface area contributed by atoms with Crippen molar-refractivity contribution in [3.8, 4) is 17.2 Å². The molecule has 0 saturated carbocycles. The van der Waals surface area contributed by atoms with E-state index in [0.717, 1.165) is 51.9 Å². The number of nitrogens with zero attached hydrogens (tertiary/aromatic N) is 2. The molecule has 250 valence electrons. The molecule has 1 amide bonds. The van der Waals surface area contributed by atoms with Crippen LogP contribution in [0.5, 0.6) is 17.2 Å². The molecule has 47 heavy (non-hydrogen) atoms. The van der Waals surface area contributed by atoms with Crippen LogP contribution < -0.4 is 19.5 Å². The molecule has 0 spiro atoms. The normalized spacial score (nSPS) is 15.6.